The third-order valence-electron chi connectivity index (χ3n) is 2.78. The molecule has 0 bridgehead atoms. The summed E-state index contributed by atoms with van der Waals surface area (Å²) >= 11 is 5.87. The summed E-state index contributed by atoms with van der Waals surface area (Å²) in [6, 6.07) is 6.38. The Balaban J connectivity index is 2.23. The maximum Gasteiger partial charge on any atom is 0.131 e. The monoisotopic (exact) mass is 210 g/mol. The van der Waals surface area contributed by atoms with Crippen LogP contribution in [0.5, 0.6) is 0 Å². The summed E-state index contributed by atoms with van der Waals surface area (Å²) in [6.07, 6.45) is 1.24. The molecule has 1 aliphatic rings. The first-order chi connectivity index (χ1) is 6.66. The second-order valence-corrected chi connectivity index (χ2v) is 4.55. The topological polar surface area (TPSA) is 16.1 Å². The van der Waals surface area contributed by atoms with Crippen molar-refractivity contribution in [3.05, 3.63) is 23.4 Å². The van der Waals surface area contributed by atoms with E-state index >= 15 is 0 Å². The second-order valence-electron chi connectivity index (χ2n) is 4.16. The number of halogens is 1. The number of pyridine rings is 1. The Morgan fingerprint density at radius 1 is 1.43 bits per heavy atom. The Morgan fingerprint density at radius 3 is 2.79 bits per heavy atom. The highest BCUT2D eigenvalue weighted by molar-refractivity contribution is 6.29. The number of aromatic nitrogens is 1. The summed E-state index contributed by atoms with van der Waals surface area (Å²) in [4.78, 5) is 6.66. The van der Waals surface area contributed by atoms with Crippen LogP contribution in [0.4, 0.5) is 5.82 Å². The fourth-order valence-electron chi connectivity index (χ4n) is 2.18. The van der Waals surface area contributed by atoms with Gasteiger partial charge in [0.15, 0.2) is 0 Å². The van der Waals surface area contributed by atoms with E-state index in [4.69, 9.17) is 11.6 Å². The Hall–Kier alpha value is -0.760. The van der Waals surface area contributed by atoms with Crippen molar-refractivity contribution in [3.63, 3.8) is 0 Å². The molecule has 0 N–H and O–H groups in total. The van der Waals surface area contributed by atoms with Crippen LogP contribution in [0.3, 0.4) is 0 Å². The normalized spacial score (nSPS) is 26.9. The van der Waals surface area contributed by atoms with E-state index in [2.05, 4.69) is 23.7 Å². The van der Waals surface area contributed by atoms with Gasteiger partial charge in [-0.15, -0.1) is 0 Å². The van der Waals surface area contributed by atoms with Gasteiger partial charge < -0.3 is 4.90 Å². The molecule has 1 aliphatic heterocycles. The van der Waals surface area contributed by atoms with Crippen LogP contribution < -0.4 is 4.90 Å². The van der Waals surface area contributed by atoms with E-state index in [1.54, 1.807) is 0 Å². The van der Waals surface area contributed by atoms with E-state index in [0.717, 1.165) is 18.3 Å². The molecule has 2 heterocycles. The maximum absolute atomic E-state index is 5.87. The van der Waals surface area contributed by atoms with Gasteiger partial charge >= 0.3 is 0 Å². The lowest BCUT2D eigenvalue weighted by molar-refractivity contribution is 0.625. The molecule has 2 nitrogen and oxygen atoms in total. The Labute approximate surface area is 89.9 Å². The zero-order valence-electron chi connectivity index (χ0n) is 8.57. The molecule has 2 unspecified atom stereocenters. The van der Waals surface area contributed by atoms with Crippen molar-refractivity contribution in [1.29, 1.82) is 0 Å². The summed E-state index contributed by atoms with van der Waals surface area (Å²) in [7, 11) is 0. The summed E-state index contributed by atoms with van der Waals surface area (Å²) in [5.41, 5.74) is 0. The first kappa shape index (κ1) is 9.78. The van der Waals surface area contributed by atoms with Crippen LogP contribution in [-0.2, 0) is 0 Å². The molecule has 1 saturated heterocycles. The Bertz CT molecular complexity index is 327. The lowest BCUT2D eigenvalue weighted by Gasteiger charge is -2.22. The van der Waals surface area contributed by atoms with Crippen molar-refractivity contribution in [1.82, 2.24) is 4.98 Å². The third kappa shape index (κ3) is 1.85. The average molecular weight is 211 g/mol. The van der Waals surface area contributed by atoms with Crippen LogP contribution in [0.2, 0.25) is 5.15 Å². The molecule has 0 radical (unpaired) electrons. The first-order valence-corrected chi connectivity index (χ1v) is 5.44. The molecular weight excluding hydrogens is 196 g/mol. The van der Waals surface area contributed by atoms with Gasteiger partial charge in [-0.2, -0.15) is 0 Å². The van der Waals surface area contributed by atoms with Gasteiger partial charge in [0.25, 0.3) is 0 Å². The molecule has 2 atom stereocenters. The number of rotatable bonds is 1. The predicted octanol–water partition coefficient (Wildman–Crippen LogP) is 2.97. The minimum absolute atomic E-state index is 0.578. The van der Waals surface area contributed by atoms with E-state index in [9.17, 15) is 0 Å². The SMILES string of the molecule is CC1CC(C)N(c2cccc(Cl)n2)C1. The summed E-state index contributed by atoms with van der Waals surface area (Å²) in [6.45, 7) is 5.61. The van der Waals surface area contributed by atoms with Crippen molar-refractivity contribution in [2.24, 2.45) is 5.92 Å². The van der Waals surface area contributed by atoms with E-state index < -0.39 is 0 Å². The van der Waals surface area contributed by atoms with Gasteiger partial charge in [0.05, 0.1) is 0 Å². The second kappa shape index (κ2) is 3.77. The lowest BCUT2D eigenvalue weighted by Crippen LogP contribution is -2.27. The standard InChI is InChI=1S/C11H15ClN2/c1-8-6-9(2)14(7-8)11-5-3-4-10(12)13-11/h3-5,8-9H,6-7H2,1-2H3. The zero-order valence-corrected chi connectivity index (χ0v) is 9.33. The highest BCUT2D eigenvalue weighted by Crippen LogP contribution is 2.27. The van der Waals surface area contributed by atoms with Gasteiger partial charge in [-0.1, -0.05) is 24.6 Å². The Kier molecular flexibility index (Phi) is 2.64. The van der Waals surface area contributed by atoms with E-state index in [1.165, 1.54) is 6.42 Å². The van der Waals surface area contributed by atoms with Crippen LogP contribution in [-0.4, -0.2) is 17.6 Å². The van der Waals surface area contributed by atoms with Crippen molar-refractivity contribution < 1.29 is 0 Å². The third-order valence-corrected chi connectivity index (χ3v) is 2.99. The Morgan fingerprint density at radius 2 is 2.21 bits per heavy atom. The molecule has 1 aromatic heterocycles. The van der Waals surface area contributed by atoms with E-state index in [-0.39, 0.29) is 0 Å². The van der Waals surface area contributed by atoms with Crippen LogP contribution in [0, 0.1) is 5.92 Å². The van der Waals surface area contributed by atoms with Crippen LogP contribution in [0.25, 0.3) is 0 Å². The van der Waals surface area contributed by atoms with E-state index in [1.807, 2.05) is 18.2 Å². The van der Waals surface area contributed by atoms with Gasteiger partial charge in [-0.3, -0.25) is 0 Å². The van der Waals surface area contributed by atoms with Crippen LogP contribution >= 0.6 is 11.6 Å². The van der Waals surface area contributed by atoms with Crippen LogP contribution in [0.1, 0.15) is 20.3 Å². The van der Waals surface area contributed by atoms with Gasteiger partial charge in [-0.25, -0.2) is 4.98 Å². The molecule has 3 heteroatoms. The molecule has 76 valence electrons. The first-order valence-electron chi connectivity index (χ1n) is 5.06. The number of hydrogen-bond acceptors (Lipinski definition) is 2. The molecule has 1 fully saturated rings. The fraction of sp³-hybridized carbons (Fsp3) is 0.545. The summed E-state index contributed by atoms with van der Waals surface area (Å²) in [5.74, 6) is 1.76. The molecule has 1 aromatic rings. The summed E-state index contributed by atoms with van der Waals surface area (Å²) in [5, 5.41) is 0.578. The molecule has 0 spiro atoms. The van der Waals surface area contributed by atoms with Gasteiger partial charge in [0.1, 0.15) is 11.0 Å². The lowest BCUT2D eigenvalue weighted by atomic mass is 10.1. The van der Waals surface area contributed by atoms with Crippen molar-refractivity contribution in [2.75, 3.05) is 11.4 Å². The molecule has 0 aliphatic carbocycles. The van der Waals surface area contributed by atoms with Gasteiger partial charge in [-0.05, 0) is 31.4 Å². The maximum atomic E-state index is 5.87. The largest absolute Gasteiger partial charge is 0.354 e. The fourth-order valence-corrected chi connectivity index (χ4v) is 2.34. The van der Waals surface area contributed by atoms with E-state index in [0.29, 0.717) is 11.2 Å². The number of anilines is 1. The minimum Gasteiger partial charge on any atom is -0.354 e. The predicted molar refractivity (Wildman–Crippen MR) is 59.8 cm³/mol. The molecule has 0 aromatic carbocycles. The molecular formula is C11H15ClN2. The zero-order chi connectivity index (χ0) is 10.1. The quantitative estimate of drug-likeness (QED) is 0.663. The smallest absolute Gasteiger partial charge is 0.131 e. The van der Waals surface area contributed by atoms with Gasteiger partial charge in [0.2, 0.25) is 0 Å². The number of nitrogens with zero attached hydrogens (tertiary/aromatic N) is 2. The highest BCUT2D eigenvalue weighted by Gasteiger charge is 2.26. The van der Waals surface area contributed by atoms with Crippen LogP contribution in [0.15, 0.2) is 18.2 Å². The molecule has 2 rings (SSSR count). The van der Waals surface area contributed by atoms with Crippen molar-refractivity contribution in [3.8, 4) is 0 Å². The minimum atomic E-state index is 0.578. The molecule has 14 heavy (non-hydrogen) atoms. The van der Waals surface area contributed by atoms with Crippen molar-refractivity contribution in [2.45, 2.75) is 26.3 Å². The number of hydrogen-bond donors (Lipinski definition) is 0. The summed E-state index contributed by atoms with van der Waals surface area (Å²) < 4.78 is 0. The van der Waals surface area contributed by atoms with Gasteiger partial charge in [0, 0.05) is 12.6 Å². The molecule has 0 saturated carbocycles. The van der Waals surface area contributed by atoms with Crippen molar-refractivity contribution >= 4 is 17.4 Å². The molecule has 0 amide bonds. The average Bonchev–Trinajstić information content (AvgIpc) is 2.45. The highest BCUT2D eigenvalue weighted by atomic mass is 35.5.